The lowest BCUT2D eigenvalue weighted by Gasteiger charge is -2.24. The zero-order valence-electron chi connectivity index (χ0n) is 12.6. The van der Waals surface area contributed by atoms with Crippen molar-refractivity contribution in [1.82, 2.24) is 15.1 Å². The fraction of sp³-hybridized carbons (Fsp3) is 0.625. The van der Waals surface area contributed by atoms with Gasteiger partial charge in [0.25, 0.3) is 0 Å². The normalized spacial score (nSPS) is 14.4. The Morgan fingerprint density at radius 3 is 2.58 bits per heavy atom. The van der Waals surface area contributed by atoms with Crippen molar-refractivity contribution in [2.75, 3.05) is 33.7 Å². The summed E-state index contributed by atoms with van der Waals surface area (Å²) in [5, 5.41) is 3.41. The van der Waals surface area contributed by atoms with Crippen LogP contribution in [-0.4, -0.2) is 43.5 Å². The van der Waals surface area contributed by atoms with Crippen LogP contribution < -0.4 is 5.32 Å². The molecule has 1 heterocycles. The van der Waals surface area contributed by atoms with Crippen LogP contribution in [0.2, 0.25) is 0 Å². The Morgan fingerprint density at radius 2 is 1.84 bits per heavy atom. The summed E-state index contributed by atoms with van der Waals surface area (Å²) in [6, 6.07) is 6.97. The maximum atomic E-state index is 3.41. The Balaban J connectivity index is 1.96. The summed E-state index contributed by atoms with van der Waals surface area (Å²) in [6.45, 7) is 8.87. The largest absolute Gasteiger partial charge is 0.309 e. The van der Waals surface area contributed by atoms with Gasteiger partial charge in [-0.3, -0.25) is 4.90 Å². The highest BCUT2D eigenvalue weighted by Crippen LogP contribution is 2.18. The van der Waals surface area contributed by atoms with Crippen LogP contribution in [0, 0.1) is 0 Å². The van der Waals surface area contributed by atoms with Gasteiger partial charge in [-0.1, -0.05) is 25.1 Å². The van der Waals surface area contributed by atoms with Crippen molar-refractivity contribution in [3.05, 3.63) is 34.9 Å². The van der Waals surface area contributed by atoms with Crippen molar-refractivity contribution in [1.29, 1.82) is 0 Å². The van der Waals surface area contributed by atoms with E-state index in [2.05, 4.69) is 54.3 Å². The van der Waals surface area contributed by atoms with Gasteiger partial charge in [-0.15, -0.1) is 0 Å². The van der Waals surface area contributed by atoms with Gasteiger partial charge in [-0.2, -0.15) is 0 Å². The van der Waals surface area contributed by atoms with Crippen molar-refractivity contribution in [3.8, 4) is 0 Å². The van der Waals surface area contributed by atoms with Gasteiger partial charge in [0.2, 0.25) is 0 Å². The van der Waals surface area contributed by atoms with Gasteiger partial charge in [0.1, 0.15) is 0 Å². The Bertz CT molecular complexity index is 401. The molecule has 0 fully saturated rings. The summed E-state index contributed by atoms with van der Waals surface area (Å²) in [4.78, 5) is 4.82. The molecule has 1 aromatic rings. The second-order valence-corrected chi connectivity index (χ2v) is 5.79. The number of benzene rings is 1. The van der Waals surface area contributed by atoms with Gasteiger partial charge in [-0.25, -0.2) is 0 Å². The van der Waals surface area contributed by atoms with Crippen molar-refractivity contribution < 1.29 is 0 Å². The summed E-state index contributed by atoms with van der Waals surface area (Å²) < 4.78 is 0. The molecule has 19 heavy (non-hydrogen) atoms. The van der Waals surface area contributed by atoms with Crippen molar-refractivity contribution >= 4 is 0 Å². The topological polar surface area (TPSA) is 18.5 Å². The summed E-state index contributed by atoms with van der Waals surface area (Å²) in [5.41, 5.74) is 4.41. The number of fused-ring (bicyclic) bond motifs is 1. The van der Waals surface area contributed by atoms with Crippen LogP contribution in [0.5, 0.6) is 0 Å². The van der Waals surface area contributed by atoms with Crippen LogP contribution >= 0.6 is 0 Å². The van der Waals surface area contributed by atoms with E-state index in [1.807, 2.05) is 0 Å². The van der Waals surface area contributed by atoms with E-state index in [1.54, 1.807) is 0 Å². The molecule has 0 spiro atoms. The molecule has 0 bridgehead atoms. The number of hydrogen-bond donors (Lipinski definition) is 1. The van der Waals surface area contributed by atoms with Crippen LogP contribution in [0.4, 0.5) is 0 Å². The highest BCUT2D eigenvalue weighted by molar-refractivity contribution is 5.34. The molecule has 3 heteroatoms. The lowest BCUT2D eigenvalue weighted by atomic mass is 10.1. The van der Waals surface area contributed by atoms with E-state index >= 15 is 0 Å². The minimum atomic E-state index is 1.04. The average Bonchev–Trinajstić information content (AvgIpc) is 2.83. The lowest BCUT2D eigenvalue weighted by molar-refractivity contribution is 0.234. The Hall–Kier alpha value is -0.900. The Kier molecular flexibility index (Phi) is 5.37. The zero-order chi connectivity index (χ0) is 13.7. The SMILES string of the molecule is CCCN(CCN(C)C)Cc1ccc2c(c1)CNC2. The van der Waals surface area contributed by atoms with Crippen LogP contribution in [0.3, 0.4) is 0 Å². The fourth-order valence-corrected chi connectivity index (χ4v) is 2.63. The van der Waals surface area contributed by atoms with Gasteiger partial charge in [0.05, 0.1) is 0 Å². The predicted octanol–water partition coefficient (Wildman–Crippen LogP) is 2.06. The minimum absolute atomic E-state index is 1.04. The predicted molar refractivity (Wildman–Crippen MR) is 81.1 cm³/mol. The molecule has 0 unspecified atom stereocenters. The van der Waals surface area contributed by atoms with E-state index < -0.39 is 0 Å². The maximum absolute atomic E-state index is 3.41. The number of rotatable bonds is 7. The van der Waals surface area contributed by atoms with Gasteiger partial charge >= 0.3 is 0 Å². The molecular weight excluding hydrogens is 234 g/mol. The third-order valence-electron chi connectivity index (χ3n) is 3.71. The Morgan fingerprint density at radius 1 is 1.05 bits per heavy atom. The fourth-order valence-electron chi connectivity index (χ4n) is 2.63. The first kappa shape index (κ1) is 14.5. The van der Waals surface area contributed by atoms with Crippen molar-refractivity contribution in [2.45, 2.75) is 33.0 Å². The number of nitrogens with one attached hydrogen (secondary N) is 1. The first-order chi connectivity index (χ1) is 9.19. The van der Waals surface area contributed by atoms with E-state index in [4.69, 9.17) is 0 Å². The first-order valence-corrected chi connectivity index (χ1v) is 7.37. The van der Waals surface area contributed by atoms with Crippen molar-refractivity contribution in [3.63, 3.8) is 0 Å². The third kappa shape index (κ3) is 4.30. The Labute approximate surface area is 117 Å². The second kappa shape index (κ2) is 7.04. The minimum Gasteiger partial charge on any atom is -0.309 e. The molecular formula is C16H27N3. The molecule has 1 aromatic carbocycles. The van der Waals surface area contributed by atoms with Crippen LogP contribution in [-0.2, 0) is 19.6 Å². The van der Waals surface area contributed by atoms with Gasteiger partial charge in [-0.05, 0) is 43.8 Å². The molecule has 1 N–H and O–H groups in total. The van der Waals surface area contributed by atoms with Crippen LogP contribution in [0.15, 0.2) is 18.2 Å². The molecule has 1 aliphatic heterocycles. The standard InChI is InChI=1S/C16H27N3/c1-4-7-19(9-8-18(2)3)13-14-5-6-15-11-17-12-16(15)10-14/h5-6,10,17H,4,7-9,11-13H2,1-3H3. The molecule has 0 aromatic heterocycles. The van der Waals surface area contributed by atoms with E-state index in [0.717, 1.165) is 32.7 Å². The summed E-state index contributed by atoms with van der Waals surface area (Å²) >= 11 is 0. The van der Waals surface area contributed by atoms with Gasteiger partial charge in [0, 0.05) is 32.7 Å². The zero-order valence-corrected chi connectivity index (χ0v) is 12.6. The molecule has 106 valence electrons. The molecule has 0 radical (unpaired) electrons. The summed E-state index contributed by atoms with van der Waals surface area (Å²) in [6.07, 6.45) is 1.22. The maximum Gasteiger partial charge on any atom is 0.0234 e. The quantitative estimate of drug-likeness (QED) is 0.810. The van der Waals surface area contributed by atoms with E-state index in [-0.39, 0.29) is 0 Å². The van der Waals surface area contributed by atoms with Gasteiger partial charge in [0.15, 0.2) is 0 Å². The van der Waals surface area contributed by atoms with Crippen LogP contribution in [0.1, 0.15) is 30.0 Å². The highest BCUT2D eigenvalue weighted by atomic mass is 15.2. The van der Waals surface area contributed by atoms with E-state index in [0.29, 0.717) is 0 Å². The number of hydrogen-bond acceptors (Lipinski definition) is 3. The number of likely N-dealkylation sites (N-methyl/N-ethyl adjacent to an activating group) is 1. The van der Waals surface area contributed by atoms with Crippen molar-refractivity contribution in [2.24, 2.45) is 0 Å². The third-order valence-corrected chi connectivity index (χ3v) is 3.71. The molecule has 2 rings (SSSR count). The molecule has 1 aliphatic rings. The second-order valence-electron chi connectivity index (χ2n) is 5.79. The first-order valence-electron chi connectivity index (χ1n) is 7.37. The van der Waals surface area contributed by atoms with E-state index in [9.17, 15) is 0 Å². The monoisotopic (exact) mass is 261 g/mol. The summed E-state index contributed by atoms with van der Waals surface area (Å²) in [7, 11) is 4.29. The molecule has 0 amide bonds. The summed E-state index contributed by atoms with van der Waals surface area (Å²) in [5.74, 6) is 0. The highest BCUT2D eigenvalue weighted by Gasteiger charge is 2.11. The molecule has 0 saturated heterocycles. The molecule has 0 atom stereocenters. The number of nitrogens with zero attached hydrogens (tertiary/aromatic N) is 2. The average molecular weight is 261 g/mol. The smallest absolute Gasteiger partial charge is 0.0234 e. The molecule has 0 aliphatic carbocycles. The molecule has 3 nitrogen and oxygen atoms in total. The molecule has 0 saturated carbocycles. The van der Waals surface area contributed by atoms with Gasteiger partial charge < -0.3 is 10.2 Å². The lowest BCUT2D eigenvalue weighted by Crippen LogP contribution is -2.32. The van der Waals surface area contributed by atoms with Crippen LogP contribution in [0.25, 0.3) is 0 Å². The van der Waals surface area contributed by atoms with E-state index in [1.165, 1.54) is 29.7 Å².